The van der Waals surface area contributed by atoms with Crippen LogP contribution in [0.2, 0.25) is 0 Å². The number of ketones is 1. The van der Waals surface area contributed by atoms with Gasteiger partial charge in [0.15, 0.2) is 5.78 Å². The van der Waals surface area contributed by atoms with Crippen molar-refractivity contribution >= 4 is 5.78 Å². The van der Waals surface area contributed by atoms with Crippen LogP contribution in [0.15, 0.2) is 24.3 Å². The number of carbonyl (C=O) groups is 1. The molecule has 0 fully saturated rings. The minimum atomic E-state index is 0.127. The van der Waals surface area contributed by atoms with Gasteiger partial charge in [0.2, 0.25) is 0 Å². The van der Waals surface area contributed by atoms with Crippen molar-refractivity contribution in [3.8, 4) is 0 Å². The Morgan fingerprint density at radius 1 is 1.14 bits per heavy atom. The summed E-state index contributed by atoms with van der Waals surface area (Å²) in [5.74, 6) is 0.127. The number of carbonyl (C=O) groups excluding carboxylic acids is 1. The van der Waals surface area contributed by atoms with E-state index in [0.29, 0.717) is 0 Å². The molecule has 0 saturated heterocycles. The number of nitrogens with zero attached hydrogens (tertiary/aromatic N) is 1. The molecular formula is C12H18NO+. The Morgan fingerprint density at radius 2 is 1.64 bits per heavy atom. The van der Waals surface area contributed by atoms with Gasteiger partial charge in [0.25, 0.3) is 0 Å². The Kier molecular flexibility index (Phi) is 3.06. The summed E-state index contributed by atoms with van der Waals surface area (Å²) in [6.07, 6.45) is 0. The smallest absolute Gasteiger partial charge is 0.159 e. The van der Waals surface area contributed by atoms with E-state index in [1.807, 2.05) is 24.3 Å². The van der Waals surface area contributed by atoms with Crippen molar-refractivity contribution in [1.82, 2.24) is 0 Å². The van der Waals surface area contributed by atoms with Crippen LogP contribution in [-0.4, -0.2) is 31.4 Å². The molecule has 0 unspecified atom stereocenters. The number of hydrogen-bond acceptors (Lipinski definition) is 1. The molecular weight excluding hydrogens is 174 g/mol. The lowest BCUT2D eigenvalue weighted by molar-refractivity contribution is -0.884. The molecule has 0 bridgehead atoms. The fraction of sp³-hybridized carbons (Fsp3) is 0.417. The quantitative estimate of drug-likeness (QED) is 0.529. The van der Waals surface area contributed by atoms with Crippen LogP contribution in [0.5, 0.6) is 0 Å². The molecule has 1 rings (SSSR count). The molecule has 0 aliphatic heterocycles. The van der Waals surface area contributed by atoms with Crippen molar-refractivity contribution in [3.63, 3.8) is 0 Å². The number of hydrogen-bond donors (Lipinski definition) is 0. The molecule has 1 aromatic carbocycles. The van der Waals surface area contributed by atoms with E-state index < -0.39 is 0 Å². The Bertz CT molecular complexity index is 319. The van der Waals surface area contributed by atoms with E-state index in [1.54, 1.807) is 6.92 Å². The van der Waals surface area contributed by atoms with Crippen molar-refractivity contribution < 1.29 is 9.28 Å². The van der Waals surface area contributed by atoms with Crippen LogP contribution in [0.25, 0.3) is 0 Å². The van der Waals surface area contributed by atoms with E-state index in [2.05, 4.69) is 21.1 Å². The van der Waals surface area contributed by atoms with Gasteiger partial charge in [0.1, 0.15) is 6.54 Å². The second-order valence-electron chi connectivity index (χ2n) is 4.70. The van der Waals surface area contributed by atoms with Crippen LogP contribution < -0.4 is 0 Å². The average molecular weight is 192 g/mol. The van der Waals surface area contributed by atoms with Crippen molar-refractivity contribution in [1.29, 1.82) is 0 Å². The first kappa shape index (κ1) is 10.9. The van der Waals surface area contributed by atoms with Crippen molar-refractivity contribution in [2.24, 2.45) is 0 Å². The van der Waals surface area contributed by atoms with E-state index in [0.717, 1.165) is 16.6 Å². The zero-order chi connectivity index (χ0) is 10.8. The largest absolute Gasteiger partial charge is 0.327 e. The zero-order valence-corrected chi connectivity index (χ0v) is 9.37. The number of Topliss-reactive ketones (excluding diaryl/α,β-unsaturated/α-hetero) is 1. The lowest BCUT2D eigenvalue weighted by Crippen LogP contribution is -2.33. The van der Waals surface area contributed by atoms with Crippen LogP contribution in [-0.2, 0) is 6.54 Å². The molecule has 2 heteroatoms. The average Bonchev–Trinajstić information content (AvgIpc) is 2.02. The Hall–Kier alpha value is -1.15. The Balaban J connectivity index is 2.79. The maximum absolute atomic E-state index is 11.0. The van der Waals surface area contributed by atoms with Gasteiger partial charge in [-0.25, -0.2) is 0 Å². The number of rotatable bonds is 3. The highest BCUT2D eigenvalue weighted by Gasteiger charge is 2.08. The molecule has 0 aliphatic carbocycles. The molecule has 0 aromatic heterocycles. The maximum Gasteiger partial charge on any atom is 0.159 e. The molecule has 2 nitrogen and oxygen atoms in total. The SMILES string of the molecule is CC(=O)c1ccc(C[N+](C)(C)C)cc1. The van der Waals surface area contributed by atoms with Gasteiger partial charge in [0, 0.05) is 11.1 Å². The molecule has 0 radical (unpaired) electrons. The Morgan fingerprint density at radius 3 is 2.00 bits per heavy atom. The van der Waals surface area contributed by atoms with Gasteiger partial charge in [-0.1, -0.05) is 24.3 Å². The van der Waals surface area contributed by atoms with E-state index in [4.69, 9.17) is 0 Å². The first-order chi connectivity index (χ1) is 6.38. The van der Waals surface area contributed by atoms with E-state index in [-0.39, 0.29) is 5.78 Å². The third kappa shape index (κ3) is 3.30. The van der Waals surface area contributed by atoms with Crippen molar-refractivity contribution in [2.75, 3.05) is 21.1 Å². The van der Waals surface area contributed by atoms with E-state index in [1.165, 1.54) is 5.56 Å². The molecule has 0 atom stereocenters. The first-order valence-electron chi connectivity index (χ1n) is 4.79. The Labute approximate surface area is 85.8 Å². The summed E-state index contributed by atoms with van der Waals surface area (Å²) < 4.78 is 0.902. The van der Waals surface area contributed by atoms with Crippen LogP contribution in [0.3, 0.4) is 0 Å². The van der Waals surface area contributed by atoms with Gasteiger partial charge in [-0.3, -0.25) is 4.79 Å². The topological polar surface area (TPSA) is 17.1 Å². The highest BCUT2D eigenvalue weighted by atomic mass is 16.1. The second-order valence-corrected chi connectivity index (χ2v) is 4.70. The third-order valence-corrected chi connectivity index (χ3v) is 2.02. The molecule has 0 amide bonds. The first-order valence-corrected chi connectivity index (χ1v) is 4.79. The monoisotopic (exact) mass is 192 g/mol. The minimum absolute atomic E-state index is 0.127. The highest BCUT2D eigenvalue weighted by molar-refractivity contribution is 5.93. The van der Waals surface area contributed by atoms with Crippen LogP contribution in [0, 0.1) is 0 Å². The van der Waals surface area contributed by atoms with E-state index in [9.17, 15) is 4.79 Å². The number of quaternary nitrogens is 1. The zero-order valence-electron chi connectivity index (χ0n) is 9.37. The molecule has 1 aromatic rings. The summed E-state index contributed by atoms with van der Waals surface area (Å²) >= 11 is 0. The number of benzene rings is 1. The minimum Gasteiger partial charge on any atom is -0.327 e. The molecule has 0 heterocycles. The van der Waals surface area contributed by atoms with Crippen molar-refractivity contribution in [2.45, 2.75) is 13.5 Å². The second kappa shape index (κ2) is 3.93. The molecule has 0 spiro atoms. The summed E-state index contributed by atoms with van der Waals surface area (Å²) in [5, 5.41) is 0. The highest BCUT2D eigenvalue weighted by Crippen LogP contribution is 2.09. The lowest BCUT2D eigenvalue weighted by Gasteiger charge is -2.23. The summed E-state index contributed by atoms with van der Waals surface area (Å²) in [7, 11) is 6.46. The van der Waals surface area contributed by atoms with Gasteiger partial charge >= 0.3 is 0 Å². The van der Waals surface area contributed by atoms with Crippen molar-refractivity contribution in [3.05, 3.63) is 35.4 Å². The summed E-state index contributed by atoms with van der Waals surface area (Å²) in [6, 6.07) is 7.85. The predicted octanol–water partition coefficient (Wildman–Crippen LogP) is 2.10. The molecule has 14 heavy (non-hydrogen) atoms. The van der Waals surface area contributed by atoms with E-state index >= 15 is 0 Å². The molecule has 0 saturated carbocycles. The fourth-order valence-corrected chi connectivity index (χ4v) is 1.39. The standard InChI is InChI=1S/C12H18NO/c1-10(14)12-7-5-11(6-8-12)9-13(2,3)4/h5-8H,9H2,1-4H3/q+1. The molecule has 76 valence electrons. The van der Waals surface area contributed by atoms with Gasteiger partial charge in [-0.05, 0) is 6.92 Å². The summed E-state index contributed by atoms with van der Waals surface area (Å²) in [4.78, 5) is 11.0. The lowest BCUT2D eigenvalue weighted by atomic mass is 10.1. The van der Waals surface area contributed by atoms with Crippen LogP contribution in [0.4, 0.5) is 0 Å². The molecule has 0 N–H and O–H groups in total. The van der Waals surface area contributed by atoms with Gasteiger partial charge in [-0.15, -0.1) is 0 Å². The van der Waals surface area contributed by atoms with Crippen LogP contribution >= 0.6 is 0 Å². The summed E-state index contributed by atoms with van der Waals surface area (Å²) in [6.45, 7) is 2.58. The van der Waals surface area contributed by atoms with Gasteiger partial charge in [0.05, 0.1) is 21.1 Å². The normalized spacial score (nSPS) is 11.4. The molecule has 0 aliphatic rings. The van der Waals surface area contributed by atoms with Gasteiger partial charge in [-0.2, -0.15) is 0 Å². The van der Waals surface area contributed by atoms with Crippen LogP contribution in [0.1, 0.15) is 22.8 Å². The van der Waals surface area contributed by atoms with Gasteiger partial charge < -0.3 is 4.48 Å². The maximum atomic E-state index is 11.0. The fourth-order valence-electron chi connectivity index (χ4n) is 1.39. The predicted molar refractivity (Wildman–Crippen MR) is 58.2 cm³/mol. The summed E-state index contributed by atoms with van der Waals surface area (Å²) in [5.41, 5.74) is 2.05. The third-order valence-electron chi connectivity index (χ3n) is 2.02.